The van der Waals surface area contributed by atoms with E-state index in [0.717, 1.165) is 29.7 Å². The van der Waals surface area contributed by atoms with Crippen molar-refractivity contribution in [3.63, 3.8) is 0 Å². The first-order chi connectivity index (χ1) is 8.54. The summed E-state index contributed by atoms with van der Waals surface area (Å²) in [6, 6.07) is 0.337. The number of aryl methyl sites for hydroxylation is 2. The van der Waals surface area contributed by atoms with Crippen molar-refractivity contribution in [2.24, 2.45) is 5.92 Å². The third-order valence-electron chi connectivity index (χ3n) is 3.20. The van der Waals surface area contributed by atoms with Crippen LogP contribution >= 0.6 is 27.5 Å². The van der Waals surface area contributed by atoms with Gasteiger partial charge in [-0.2, -0.15) is 5.10 Å². The Morgan fingerprint density at radius 1 is 1.39 bits per heavy atom. The molecule has 0 radical (unpaired) electrons. The summed E-state index contributed by atoms with van der Waals surface area (Å²) in [5, 5.41) is 8.11. The van der Waals surface area contributed by atoms with Gasteiger partial charge in [-0.1, -0.05) is 20.8 Å². The lowest BCUT2D eigenvalue weighted by Gasteiger charge is -2.20. The molecule has 1 rings (SSSR count). The fraction of sp³-hybridized carbons (Fsp3) is 0.769. The van der Waals surface area contributed by atoms with Gasteiger partial charge in [-0.15, -0.1) is 11.6 Å². The highest BCUT2D eigenvalue weighted by Gasteiger charge is 2.16. The molecule has 0 aliphatic rings. The van der Waals surface area contributed by atoms with Gasteiger partial charge in [-0.05, 0) is 35.2 Å². The van der Waals surface area contributed by atoms with Gasteiger partial charge >= 0.3 is 0 Å². The van der Waals surface area contributed by atoms with Gasteiger partial charge in [0.25, 0.3) is 0 Å². The van der Waals surface area contributed by atoms with E-state index >= 15 is 0 Å². The standard InChI is InChI=1S/C13H23BrClN3/c1-5-10-13(14)12(18(6-2)17-10)8-16-11(7-15)9(3)4/h9,11,16H,5-8H2,1-4H3. The number of nitrogens with one attached hydrogen (secondary N) is 1. The molecule has 0 bridgehead atoms. The number of rotatable bonds is 7. The summed E-state index contributed by atoms with van der Waals surface area (Å²) < 4.78 is 3.19. The van der Waals surface area contributed by atoms with Crippen molar-refractivity contribution in [1.29, 1.82) is 0 Å². The molecule has 0 aromatic carbocycles. The Balaban J connectivity index is 2.80. The summed E-state index contributed by atoms with van der Waals surface area (Å²) >= 11 is 9.63. The van der Waals surface area contributed by atoms with Gasteiger partial charge in [0.1, 0.15) is 0 Å². The van der Waals surface area contributed by atoms with Gasteiger partial charge in [-0.3, -0.25) is 4.68 Å². The monoisotopic (exact) mass is 335 g/mol. The summed E-state index contributed by atoms with van der Waals surface area (Å²) in [6.07, 6.45) is 0.948. The molecule has 1 unspecified atom stereocenters. The van der Waals surface area contributed by atoms with Gasteiger partial charge in [0.05, 0.1) is 15.9 Å². The van der Waals surface area contributed by atoms with Gasteiger partial charge < -0.3 is 5.32 Å². The van der Waals surface area contributed by atoms with E-state index in [1.807, 2.05) is 0 Å². The first kappa shape index (κ1) is 16.0. The van der Waals surface area contributed by atoms with Crippen LogP contribution in [0.4, 0.5) is 0 Å². The largest absolute Gasteiger partial charge is 0.307 e. The van der Waals surface area contributed by atoms with Crippen molar-refractivity contribution in [1.82, 2.24) is 15.1 Å². The predicted octanol–water partition coefficient (Wildman–Crippen LogP) is 3.58. The Hall–Kier alpha value is -0.0600. The molecule has 0 aliphatic carbocycles. The summed E-state index contributed by atoms with van der Waals surface area (Å²) in [5.74, 6) is 1.17. The molecule has 1 aromatic heterocycles. The Labute approximate surface area is 123 Å². The summed E-state index contributed by atoms with van der Waals surface area (Å²) in [6.45, 7) is 10.3. The molecule has 104 valence electrons. The number of halogens is 2. The Morgan fingerprint density at radius 2 is 2.06 bits per heavy atom. The Morgan fingerprint density at radius 3 is 2.50 bits per heavy atom. The van der Waals surface area contributed by atoms with Crippen LogP contribution < -0.4 is 5.32 Å². The third-order valence-corrected chi connectivity index (χ3v) is 4.44. The van der Waals surface area contributed by atoms with Crippen LogP contribution in [0.15, 0.2) is 4.47 Å². The van der Waals surface area contributed by atoms with Gasteiger partial charge in [0, 0.05) is 25.0 Å². The summed E-state index contributed by atoms with van der Waals surface area (Å²) in [5.41, 5.74) is 2.34. The zero-order valence-corrected chi connectivity index (χ0v) is 14.0. The lowest BCUT2D eigenvalue weighted by atomic mass is 10.1. The molecule has 3 nitrogen and oxygen atoms in total. The van der Waals surface area contributed by atoms with Crippen molar-refractivity contribution in [2.75, 3.05) is 5.88 Å². The fourth-order valence-corrected chi connectivity index (χ4v) is 3.05. The number of aromatic nitrogens is 2. The van der Waals surface area contributed by atoms with Gasteiger partial charge in [0.15, 0.2) is 0 Å². The van der Waals surface area contributed by atoms with Crippen molar-refractivity contribution >= 4 is 27.5 Å². The molecule has 0 aliphatic heterocycles. The van der Waals surface area contributed by atoms with Gasteiger partial charge in [0.2, 0.25) is 0 Å². The van der Waals surface area contributed by atoms with E-state index in [1.54, 1.807) is 0 Å². The van der Waals surface area contributed by atoms with Crippen LogP contribution in [0.25, 0.3) is 0 Å². The van der Waals surface area contributed by atoms with E-state index in [9.17, 15) is 0 Å². The van der Waals surface area contributed by atoms with Crippen molar-refractivity contribution < 1.29 is 0 Å². The molecule has 0 saturated heterocycles. The maximum atomic E-state index is 5.98. The van der Waals surface area contributed by atoms with Crippen LogP contribution in [0.3, 0.4) is 0 Å². The van der Waals surface area contributed by atoms with Crippen LogP contribution in [0.1, 0.15) is 39.1 Å². The maximum Gasteiger partial charge on any atom is 0.0767 e. The lowest BCUT2D eigenvalue weighted by molar-refractivity contribution is 0.420. The second-order valence-electron chi connectivity index (χ2n) is 4.76. The van der Waals surface area contributed by atoms with E-state index in [1.165, 1.54) is 5.69 Å². The summed E-state index contributed by atoms with van der Waals surface area (Å²) in [4.78, 5) is 0. The molecule has 5 heteroatoms. The minimum atomic E-state index is 0.337. The number of hydrogen-bond donors (Lipinski definition) is 1. The fourth-order valence-electron chi connectivity index (χ4n) is 1.88. The minimum absolute atomic E-state index is 0.337. The van der Waals surface area contributed by atoms with Crippen LogP contribution in [0.5, 0.6) is 0 Å². The molecule has 1 heterocycles. The Bertz CT molecular complexity index is 377. The quantitative estimate of drug-likeness (QED) is 0.771. The molecule has 1 atom stereocenters. The van der Waals surface area contributed by atoms with Crippen molar-refractivity contribution in [3.8, 4) is 0 Å². The van der Waals surface area contributed by atoms with Crippen molar-refractivity contribution in [2.45, 2.75) is 53.2 Å². The molecule has 18 heavy (non-hydrogen) atoms. The molecule has 0 fully saturated rings. The zero-order valence-electron chi connectivity index (χ0n) is 11.6. The predicted molar refractivity (Wildman–Crippen MR) is 81.2 cm³/mol. The van der Waals surface area contributed by atoms with Crippen molar-refractivity contribution in [3.05, 3.63) is 15.9 Å². The number of hydrogen-bond acceptors (Lipinski definition) is 2. The lowest BCUT2D eigenvalue weighted by Crippen LogP contribution is -2.35. The third kappa shape index (κ3) is 3.72. The maximum absolute atomic E-state index is 5.98. The highest BCUT2D eigenvalue weighted by atomic mass is 79.9. The van der Waals surface area contributed by atoms with Crippen LogP contribution in [0.2, 0.25) is 0 Å². The molecule has 0 spiro atoms. The molecule has 1 aromatic rings. The first-order valence-corrected chi connectivity index (χ1v) is 7.91. The van der Waals surface area contributed by atoms with Crippen LogP contribution in [-0.2, 0) is 19.5 Å². The second kappa shape index (κ2) is 7.51. The Kier molecular flexibility index (Phi) is 6.67. The molecule has 1 N–H and O–H groups in total. The molecule has 0 saturated carbocycles. The van der Waals surface area contributed by atoms with E-state index in [-0.39, 0.29) is 0 Å². The smallest absolute Gasteiger partial charge is 0.0767 e. The summed E-state index contributed by atoms with van der Waals surface area (Å²) in [7, 11) is 0. The van der Waals surface area contributed by atoms with E-state index in [0.29, 0.717) is 17.8 Å². The van der Waals surface area contributed by atoms with E-state index < -0.39 is 0 Å². The average Bonchev–Trinajstić information content (AvgIpc) is 2.66. The second-order valence-corrected chi connectivity index (χ2v) is 5.86. The first-order valence-electron chi connectivity index (χ1n) is 6.58. The highest BCUT2D eigenvalue weighted by molar-refractivity contribution is 9.10. The highest BCUT2D eigenvalue weighted by Crippen LogP contribution is 2.22. The SMILES string of the molecule is CCc1nn(CC)c(CNC(CCl)C(C)C)c1Br. The van der Waals surface area contributed by atoms with E-state index in [4.69, 9.17) is 11.6 Å². The number of alkyl halides is 1. The van der Waals surface area contributed by atoms with Crippen LogP contribution in [0, 0.1) is 5.92 Å². The van der Waals surface area contributed by atoms with Crippen LogP contribution in [-0.4, -0.2) is 21.7 Å². The molecular formula is C13H23BrClN3. The molecule has 0 amide bonds. The molecular weight excluding hydrogens is 314 g/mol. The normalized spacial score (nSPS) is 13.3. The topological polar surface area (TPSA) is 29.9 Å². The minimum Gasteiger partial charge on any atom is -0.307 e. The zero-order chi connectivity index (χ0) is 13.7. The van der Waals surface area contributed by atoms with Gasteiger partial charge in [-0.25, -0.2) is 0 Å². The van der Waals surface area contributed by atoms with E-state index in [2.05, 4.69) is 58.7 Å². The number of nitrogens with zero attached hydrogens (tertiary/aromatic N) is 2. The average molecular weight is 337 g/mol.